The summed E-state index contributed by atoms with van der Waals surface area (Å²) in [6.45, 7) is 0.0755. The van der Waals surface area contributed by atoms with E-state index >= 15 is 0 Å². The van der Waals surface area contributed by atoms with Gasteiger partial charge in [0.15, 0.2) is 0 Å². The number of aliphatic hydroxyl groups is 1. The Morgan fingerprint density at radius 2 is 1.94 bits per heavy atom. The van der Waals surface area contributed by atoms with Gasteiger partial charge in [-0.15, -0.1) is 0 Å². The van der Waals surface area contributed by atoms with Crippen LogP contribution in [0, 0.1) is 5.82 Å². The minimum Gasteiger partial charge on any atom is -0.489 e. The van der Waals surface area contributed by atoms with E-state index in [1.165, 1.54) is 12.1 Å². The SMILES string of the molecule is OC(COc1ccccc1Br)c1cccc(F)c1. The van der Waals surface area contributed by atoms with Crippen LogP contribution in [0.5, 0.6) is 5.75 Å². The van der Waals surface area contributed by atoms with Gasteiger partial charge in [0, 0.05) is 0 Å². The van der Waals surface area contributed by atoms with Crippen LogP contribution in [0.25, 0.3) is 0 Å². The van der Waals surface area contributed by atoms with E-state index in [1.54, 1.807) is 18.2 Å². The maximum atomic E-state index is 13.0. The van der Waals surface area contributed by atoms with Gasteiger partial charge >= 0.3 is 0 Å². The van der Waals surface area contributed by atoms with Crippen molar-refractivity contribution in [1.82, 2.24) is 0 Å². The molecule has 0 bridgehead atoms. The van der Waals surface area contributed by atoms with E-state index in [9.17, 15) is 9.50 Å². The fraction of sp³-hybridized carbons (Fsp3) is 0.143. The molecule has 0 aliphatic carbocycles. The van der Waals surface area contributed by atoms with Gasteiger partial charge in [0.25, 0.3) is 0 Å². The van der Waals surface area contributed by atoms with Crippen molar-refractivity contribution in [3.8, 4) is 5.75 Å². The van der Waals surface area contributed by atoms with Crippen molar-refractivity contribution in [2.24, 2.45) is 0 Å². The average molecular weight is 311 g/mol. The van der Waals surface area contributed by atoms with Crippen molar-refractivity contribution in [1.29, 1.82) is 0 Å². The number of halogens is 2. The third kappa shape index (κ3) is 3.31. The second kappa shape index (κ2) is 5.98. The number of aliphatic hydroxyl groups excluding tert-OH is 1. The van der Waals surface area contributed by atoms with Crippen LogP contribution in [0.3, 0.4) is 0 Å². The van der Waals surface area contributed by atoms with Crippen molar-refractivity contribution in [3.05, 3.63) is 64.4 Å². The van der Waals surface area contributed by atoms with Crippen LogP contribution in [0.15, 0.2) is 53.0 Å². The van der Waals surface area contributed by atoms with E-state index in [0.717, 1.165) is 4.47 Å². The van der Waals surface area contributed by atoms with Gasteiger partial charge in [0.2, 0.25) is 0 Å². The number of rotatable bonds is 4. The van der Waals surface area contributed by atoms with Gasteiger partial charge in [0.1, 0.15) is 24.3 Å². The Morgan fingerprint density at radius 3 is 2.67 bits per heavy atom. The third-order valence-corrected chi connectivity index (χ3v) is 3.12. The first-order valence-corrected chi connectivity index (χ1v) is 6.27. The summed E-state index contributed by atoms with van der Waals surface area (Å²) in [5.41, 5.74) is 0.502. The second-order valence-electron chi connectivity index (χ2n) is 3.81. The van der Waals surface area contributed by atoms with E-state index < -0.39 is 6.10 Å². The Morgan fingerprint density at radius 1 is 1.17 bits per heavy atom. The molecule has 0 fully saturated rings. The summed E-state index contributed by atoms with van der Waals surface area (Å²) in [6, 6.07) is 13.2. The van der Waals surface area contributed by atoms with Crippen molar-refractivity contribution in [2.75, 3.05) is 6.61 Å². The van der Waals surface area contributed by atoms with Gasteiger partial charge in [-0.25, -0.2) is 4.39 Å². The molecule has 1 atom stereocenters. The highest BCUT2D eigenvalue weighted by molar-refractivity contribution is 9.10. The molecule has 1 N–H and O–H groups in total. The molecule has 0 aliphatic rings. The zero-order valence-electron chi connectivity index (χ0n) is 9.51. The average Bonchev–Trinajstić information content (AvgIpc) is 2.37. The van der Waals surface area contributed by atoms with Crippen molar-refractivity contribution < 1.29 is 14.2 Å². The number of hydrogen-bond donors (Lipinski definition) is 1. The number of hydrogen-bond acceptors (Lipinski definition) is 2. The third-order valence-electron chi connectivity index (χ3n) is 2.47. The van der Waals surface area contributed by atoms with Crippen LogP contribution in [0.1, 0.15) is 11.7 Å². The molecule has 0 aromatic heterocycles. The lowest BCUT2D eigenvalue weighted by Gasteiger charge is -2.13. The number of ether oxygens (including phenoxy) is 1. The first kappa shape index (κ1) is 13.1. The largest absolute Gasteiger partial charge is 0.489 e. The number of para-hydroxylation sites is 1. The summed E-state index contributed by atoms with van der Waals surface area (Å²) >= 11 is 3.35. The minimum atomic E-state index is -0.854. The normalized spacial score (nSPS) is 12.2. The molecule has 0 spiro atoms. The molecule has 94 valence electrons. The molecular weight excluding hydrogens is 299 g/mol. The smallest absolute Gasteiger partial charge is 0.133 e. The molecule has 2 nitrogen and oxygen atoms in total. The van der Waals surface area contributed by atoms with Crippen LogP contribution in [0.4, 0.5) is 4.39 Å². The summed E-state index contributed by atoms with van der Waals surface area (Å²) in [6.07, 6.45) is -0.854. The van der Waals surface area contributed by atoms with Crippen LogP contribution in [0.2, 0.25) is 0 Å². The van der Waals surface area contributed by atoms with Crippen molar-refractivity contribution in [2.45, 2.75) is 6.10 Å². The maximum Gasteiger partial charge on any atom is 0.133 e. The molecule has 0 heterocycles. The van der Waals surface area contributed by atoms with Gasteiger partial charge in [-0.1, -0.05) is 24.3 Å². The predicted octanol–water partition coefficient (Wildman–Crippen LogP) is 3.70. The quantitative estimate of drug-likeness (QED) is 0.933. The molecule has 0 radical (unpaired) electrons. The Hall–Kier alpha value is -1.39. The van der Waals surface area contributed by atoms with Crippen LogP contribution >= 0.6 is 15.9 Å². The Balaban J connectivity index is 2.00. The first-order valence-electron chi connectivity index (χ1n) is 5.47. The minimum absolute atomic E-state index is 0.0755. The van der Waals surface area contributed by atoms with E-state index in [-0.39, 0.29) is 12.4 Å². The van der Waals surface area contributed by atoms with E-state index in [4.69, 9.17) is 4.74 Å². The molecule has 4 heteroatoms. The van der Waals surface area contributed by atoms with Gasteiger partial charge in [0.05, 0.1) is 4.47 Å². The van der Waals surface area contributed by atoms with E-state index in [0.29, 0.717) is 11.3 Å². The predicted molar refractivity (Wildman–Crippen MR) is 71.0 cm³/mol. The zero-order chi connectivity index (χ0) is 13.0. The molecule has 0 amide bonds. The summed E-state index contributed by atoms with van der Waals surface area (Å²) in [5, 5.41) is 9.89. The van der Waals surface area contributed by atoms with Crippen LogP contribution < -0.4 is 4.74 Å². The monoisotopic (exact) mass is 310 g/mol. The Labute approximate surface area is 113 Å². The fourth-order valence-electron chi connectivity index (χ4n) is 1.54. The molecule has 2 rings (SSSR count). The van der Waals surface area contributed by atoms with Crippen LogP contribution in [-0.4, -0.2) is 11.7 Å². The van der Waals surface area contributed by atoms with Gasteiger partial charge < -0.3 is 9.84 Å². The van der Waals surface area contributed by atoms with E-state index in [2.05, 4.69) is 15.9 Å². The maximum absolute atomic E-state index is 13.0. The highest BCUT2D eigenvalue weighted by atomic mass is 79.9. The lowest BCUT2D eigenvalue weighted by atomic mass is 10.1. The molecular formula is C14H12BrFO2. The summed E-state index contributed by atoms with van der Waals surface area (Å²) in [4.78, 5) is 0. The fourth-order valence-corrected chi connectivity index (χ4v) is 1.94. The molecule has 0 saturated carbocycles. The summed E-state index contributed by atoms with van der Waals surface area (Å²) in [7, 11) is 0. The van der Waals surface area contributed by atoms with Crippen molar-refractivity contribution >= 4 is 15.9 Å². The molecule has 1 unspecified atom stereocenters. The second-order valence-corrected chi connectivity index (χ2v) is 4.67. The molecule has 0 saturated heterocycles. The van der Waals surface area contributed by atoms with Gasteiger partial charge in [-0.2, -0.15) is 0 Å². The topological polar surface area (TPSA) is 29.5 Å². The van der Waals surface area contributed by atoms with Crippen LogP contribution in [-0.2, 0) is 0 Å². The lowest BCUT2D eigenvalue weighted by Crippen LogP contribution is -2.10. The Bertz CT molecular complexity index is 531. The molecule has 0 aliphatic heterocycles. The highest BCUT2D eigenvalue weighted by Gasteiger charge is 2.10. The molecule has 2 aromatic carbocycles. The standard InChI is InChI=1S/C14H12BrFO2/c15-12-6-1-2-7-14(12)18-9-13(17)10-4-3-5-11(16)8-10/h1-8,13,17H,9H2. The number of benzene rings is 2. The first-order chi connectivity index (χ1) is 8.66. The highest BCUT2D eigenvalue weighted by Crippen LogP contribution is 2.25. The molecule has 2 aromatic rings. The van der Waals surface area contributed by atoms with Crippen molar-refractivity contribution in [3.63, 3.8) is 0 Å². The zero-order valence-corrected chi connectivity index (χ0v) is 11.1. The summed E-state index contributed by atoms with van der Waals surface area (Å²) < 4.78 is 19.3. The van der Waals surface area contributed by atoms with Gasteiger partial charge in [-0.05, 0) is 45.8 Å². The molecule has 18 heavy (non-hydrogen) atoms. The summed E-state index contributed by atoms with van der Waals surface area (Å²) in [5.74, 6) is 0.278. The Kier molecular flexibility index (Phi) is 4.33. The van der Waals surface area contributed by atoms with E-state index in [1.807, 2.05) is 18.2 Å². The van der Waals surface area contributed by atoms with Gasteiger partial charge in [-0.3, -0.25) is 0 Å². The lowest BCUT2D eigenvalue weighted by molar-refractivity contribution is 0.107.